The minimum Gasteiger partial charge on any atom is -0.344 e. The summed E-state index contributed by atoms with van der Waals surface area (Å²) in [4.78, 5) is 49.9. The molecule has 8 nitrogen and oxygen atoms in total. The van der Waals surface area contributed by atoms with Gasteiger partial charge >= 0.3 is 0 Å². The normalized spacial score (nSPS) is 16.7. The molecule has 0 aliphatic carbocycles. The highest BCUT2D eigenvalue weighted by Crippen LogP contribution is 2.25. The number of hydrogen-bond acceptors (Lipinski definition) is 4. The monoisotopic (exact) mass is 408 g/mol. The van der Waals surface area contributed by atoms with Crippen molar-refractivity contribution in [3.63, 3.8) is 0 Å². The SMILES string of the molecule is CC(=O)Nc1ccc(NC(=O)[C@H](C)NC(=O)C2CC(=O)N(c3ccccc3)C2)cc1. The molecule has 1 aliphatic heterocycles. The molecular weight excluding hydrogens is 384 g/mol. The fourth-order valence-corrected chi connectivity index (χ4v) is 3.23. The van der Waals surface area contributed by atoms with E-state index >= 15 is 0 Å². The van der Waals surface area contributed by atoms with Crippen LogP contribution in [0, 0.1) is 5.92 Å². The molecular formula is C22H24N4O4. The average molecular weight is 408 g/mol. The Hall–Kier alpha value is -3.68. The van der Waals surface area contributed by atoms with Crippen LogP contribution < -0.4 is 20.9 Å². The Kier molecular flexibility index (Phi) is 6.46. The molecule has 2 atom stereocenters. The number of rotatable bonds is 6. The lowest BCUT2D eigenvalue weighted by molar-refractivity contribution is -0.129. The van der Waals surface area contributed by atoms with Crippen LogP contribution >= 0.6 is 0 Å². The highest BCUT2D eigenvalue weighted by atomic mass is 16.2. The number of anilines is 3. The molecule has 3 N–H and O–H groups in total. The number of amides is 4. The summed E-state index contributed by atoms with van der Waals surface area (Å²) in [7, 11) is 0. The summed E-state index contributed by atoms with van der Waals surface area (Å²) in [5, 5.41) is 8.05. The van der Waals surface area contributed by atoms with Crippen molar-refractivity contribution in [1.82, 2.24) is 5.32 Å². The Bertz CT molecular complexity index is 943. The zero-order valence-electron chi connectivity index (χ0n) is 16.8. The molecule has 0 bridgehead atoms. The van der Waals surface area contributed by atoms with Crippen molar-refractivity contribution in [2.24, 2.45) is 5.92 Å². The van der Waals surface area contributed by atoms with Gasteiger partial charge in [-0.25, -0.2) is 0 Å². The fraction of sp³-hybridized carbons (Fsp3) is 0.273. The molecule has 0 radical (unpaired) electrons. The second-order valence-electron chi connectivity index (χ2n) is 7.22. The van der Waals surface area contributed by atoms with Gasteiger partial charge in [-0.3, -0.25) is 19.2 Å². The van der Waals surface area contributed by atoms with Gasteiger partial charge in [-0.15, -0.1) is 0 Å². The third kappa shape index (κ3) is 5.22. The van der Waals surface area contributed by atoms with Gasteiger partial charge in [0.05, 0.1) is 5.92 Å². The van der Waals surface area contributed by atoms with E-state index in [0.29, 0.717) is 11.4 Å². The number of para-hydroxylation sites is 1. The number of carbonyl (C=O) groups is 4. The van der Waals surface area contributed by atoms with Crippen LogP contribution in [0.3, 0.4) is 0 Å². The van der Waals surface area contributed by atoms with E-state index in [1.807, 2.05) is 30.3 Å². The molecule has 4 amide bonds. The molecule has 2 aromatic rings. The summed E-state index contributed by atoms with van der Waals surface area (Å²) < 4.78 is 0. The molecule has 0 aromatic heterocycles. The zero-order valence-corrected chi connectivity index (χ0v) is 16.8. The summed E-state index contributed by atoms with van der Waals surface area (Å²) in [6.45, 7) is 3.29. The largest absolute Gasteiger partial charge is 0.344 e. The second-order valence-corrected chi connectivity index (χ2v) is 7.22. The molecule has 1 unspecified atom stereocenters. The van der Waals surface area contributed by atoms with Gasteiger partial charge in [0.25, 0.3) is 0 Å². The van der Waals surface area contributed by atoms with E-state index in [2.05, 4.69) is 16.0 Å². The maximum Gasteiger partial charge on any atom is 0.246 e. The van der Waals surface area contributed by atoms with Gasteiger partial charge in [0.1, 0.15) is 6.04 Å². The van der Waals surface area contributed by atoms with E-state index in [1.165, 1.54) is 6.92 Å². The maximum atomic E-state index is 12.6. The Morgan fingerprint density at radius 3 is 2.17 bits per heavy atom. The van der Waals surface area contributed by atoms with Crippen LogP contribution in [0.15, 0.2) is 54.6 Å². The van der Waals surface area contributed by atoms with Gasteiger partial charge in [-0.05, 0) is 43.3 Å². The van der Waals surface area contributed by atoms with Crippen LogP contribution in [-0.4, -0.2) is 36.2 Å². The first-order chi connectivity index (χ1) is 14.3. The Morgan fingerprint density at radius 2 is 1.57 bits per heavy atom. The van der Waals surface area contributed by atoms with E-state index in [0.717, 1.165) is 5.69 Å². The van der Waals surface area contributed by atoms with Crippen LogP contribution in [-0.2, 0) is 19.2 Å². The van der Waals surface area contributed by atoms with E-state index in [9.17, 15) is 19.2 Å². The number of nitrogens with zero attached hydrogens (tertiary/aromatic N) is 1. The molecule has 2 aromatic carbocycles. The van der Waals surface area contributed by atoms with Gasteiger partial charge in [0.15, 0.2) is 0 Å². The lowest BCUT2D eigenvalue weighted by atomic mass is 10.1. The van der Waals surface area contributed by atoms with Gasteiger partial charge < -0.3 is 20.9 Å². The van der Waals surface area contributed by atoms with Crippen LogP contribution in [0.4, 0.5) is 17.1 Å². The minimum absolute atomic E-state index is 0.111. The lowest BCUT2D eigenvalue weighted by Crippen LogP contribution is -2.44. The highest BCUT2D eigenvalue weighted by molar-refractivity contribution is 6.02. The molecule has 3 rings (SSSR count). The van der Waals surface area contributed by atoms with Gasteiger partial charge in [0, 0.05) is 37.0 Å². The fourth-order valence-electron chi connectivity index (χ4n) is 3.23. The number of hydrogen-bond donors (Lipinski definition) is 3. The van der Waals surface area contributed by atoms with E-state index in [1.54, 1.807) is 36.1 Å². The van der Waals surface area contributed by atoms with Crippen molar-refractivity contribution in [3.8, 4) is 0 Å². The number of nitrogens with one attached hydrogen (secondary N) is 3. The summed E-state index contributed by atoms with van der Waals surface area (Å²) >= 11 is 0. The molecule has 0 spiro atoms. The average Bonchev–Trinajstić information content (AvgIpc) is 3.11. The first-order valence-corrected chi connectivity index (χ1v) is 9.68. The zero-order chi connectivity index (χ0) is 21.7. The molecule has 30 heavy (non-hydrogen) atoms. The van der Waals surface area contributed by atoms with Gasteiger partial charge in [-0.1, -0.05) is 18.2 Å². The second kappa shape index (κ2) is 9.21. The third-order valence-electron chi connectivity index (χ3n) is 4.79. The smallest absolute Gasteiger partial charge is 0.246 e. The summed E-state index contributed by atoms with van der Waals surface area (Å²) in [6, 6.07) is 15.1. The van der Waals surface area contributed by atoms with Crippen LogP contribution in [0.5, 0.6) is 0 Å². The lowest BCUT2D eigenvalue weighted by Gasteiger charge is -2.18. The molecule has 156 valence electrons. The Labute approximate surface area is 174 Å². The Balaban J connectivity index is 1.53. The molecule has 1 heterocycles. The van der Waals surface area contributed by atoms with E-state index in [-0.39, 0.29) is 36.6 Å². The van der Waals surface area contributed by atoms with Crippen molar-refractivity contribution in [1.29, 1.82) is 0 Å². The molecule has 8 heteroatoms. The highest BCUT2D eigenvalue weighted by Gasteiger charge is 2.35. The van der Waals surface area contributed by atoms with Crippen LogP contribution in [0.25, 0.3) is 0 Å². The van der Waals surface area contributed by atoms with Gasteiger partial charge in [-0.2, -0.15) is 0 Å². The number of benzene rings is 2. The molecule has 1 fully saturated rings. The van der Waals surface area contributed by atoms with Crippen molar-refractivity contribution >= 4 is 40.7 Å². The van der Waals surface area contributed by atoms with Crippen molar-refractivity contribution < 1.29 is 19.2 Å². The Morgan fingerprint density at radius 1 is 0.967 bits per heavy atom. The molecule has 1 saturated heterocycles. The van der Waals surface area contributed by atoms with Crippen molar-refractivity contribution in [3.05, 3.63) is 54.6 Å². The summed E-state index contributed by atoms with van der Waals surface area (Å²) in [6.07, 6.45) is 0.111. The standard InChI is InChI=1S/C22H24N4O4/c1-14(21(29)25-18-10-8-17(9-11-18)24-15(2)27)23-22(30)16-12-20(28)26(13-16)19-6-4-3-5-7-19/h3-11,14,16H,12-13H2,1-2H3,(H,23,30)(H,24,27)(H,25,29)/t14-,16?/m0/s1. The predicted molar refractivity (Wildman–Crippen MR) is 114 cm³/mol. The predicted octanol–water partition coefficient (Wildman–Crippen LogP) is 2.14. The van der Waals surface area contributed by atoms with Crippen LogP contribution in [0.1, 0.15) is 20.3 Å². The van der Waals surface area contributed by atoms with E-state index < -0.39 is 12.0 Å². The third-order valence-corrected chi connectivity index (χ3v) is 4.79. The van der Waals surface area contributed by atoms with Crippen LogP contribution in [0.2, 0.25) is 0 Å². The van der Waals surface area contributed by atoms with Crippen molar-refractivity contribution in [2.45, 2.75) is 26.3 Å². The molecule has 0 saturated carbocycles. The first kappa shape index (κ1) is 21.0. The minimum atomic E-state index is -0.770. The first-order valence-electron chi connectivity index (χ1n) is 9.68. The quantitative estimate of drug-likeness (QED) is 0.681. The maximum absolute atomic E-state index is 12.6. The summed E-state index contributed by atoms with van der Waals surface area (Å²) in [5.41, 5.74) is 1.92. The molecule has 1 aliphatic rings. The van der Waals surface area contributed by atoms with E-state index in [4.69, 9.17) is 0 Å². The summed E-state index contributed by atoms with van der Waals surface area (Å²) in [5.74, 6) is -1.51. The topological polar surface area (TPSA) is 108 Å². The van der Waals surface area contributed by atoms with Crippen molar-refractivity contribution in [2.75, 3.05) is 22.1 Å². The number of carbonyl (C=O) groups excluding carboxylic acids is 4. The van der Waals surface area contributed by atoms with Gasteiger partial charge in [0.2, 0.25) is 23.6 Å².